The van der Waals surface area contributed by atoms with Gasteiger partial charge in [-0.2, -0.15) is 10.2 Å². The molecule has 2 N–H and O–H groups in total. The number of nitrogens with zero attached hydrogens (tertiary/aromatic N) is 5. The number of Topliss-reactive ketones (excluding diaryl/α,β-unsaturated/α-hetero) is 1. The number of urea groups is 1. The zero-order chi connectivity index (χ0) is 27.6. The van der Waals surface area contributed by atoms with Gasteiger partial charge in [0.15, 0.2) is 5.78 Å². The largest absolute Gasteiger partial charge is 0.379 e. The van der Waals surface area contributed by atoms with E-state index in [0.29, 0.717) is 54.9 Å². The Morgan fingerprint density at radius 1 is 1.02 bits per heavy atom. The molecule has 210 valence electrons. The van der Waals surface area contributed by atoms with Crippen molar-refractivity contribution in [3.8, 4) is 0 Å². The molecule has 2 aromatic carbocycles. The van der Waals surface area contributed by atoms with E-state index in [1.807, 2.05) is 29.3 Å². The van der Waals surface area contributed by atoms with E-state index in [0.717, 1.165) is 37.3 Å². The SMILES string of the molecule is CCN(CC)C1CCN(c2ccc(C3=C4C(=O)c5c(NC(=O)NN6CCOCC6)cccc5C4N=N3)cc2)CC1. The molecule has 3 aliphatic heterocycles. The molecule has 10 nitrogen and oxygen atoms in total. The molecule has 1 atom stereocenters. The van der Waals surface area contributed by atoms with E-state index in [1.54, 1.807) is 6.07 Å². The van der Waals surface area contributed by atoms with Crippen LogP contribution in [0.4, 0.5) is 16.2 Å². The molecule has 0 bridgehead atoms. The van der Waals surface area contributed by atoms with Crippen molar-refractivity contribution < 1.29 is 14.3 Å². The number of azo groups is 1. The Bertz CT molecular complexity index is 1320. The van der Waals surface area contributed by atoms with Crippen molar-refractivity contribution in [1.29, 1.82) is 0 Å². The Labute approximate surface area is 235 Å². The summed E-state index contributed by atoms with van der Waals surface area (Å²) in [6.45, 7) is 11.1. The van der Waals surface area contributed by atoms with E-state index in [1.165, 1.54) is 18.5 Å². The standard InChI is InChI=1S/C30H37N7O3/c1-3-35(4-2)22-12-14-36(15-13-22)21-10-8-20(9-11-21)27-26-28(33-32-27)23-6-5-7-24(25(23)29(26)38)31-30(39)34-37-16-18-40-19-17-37/h5-11,22,28H,3-4,12-19H2,1-2H3,(H2,31,34,39). The van der Waals surface area contributed by atoms with E-state index in [2.05, 4.69) is 56.8 Å². The molecule has 10 heteroatoms. The van der Waals surface area contributed by atoms with Gasteiger partial charge in [0.05, 0.1) is 30.0 Å². The lowest BCUT2D eigenvalue weighted by Crippen LogP contribution is -2.49. The van der Waals surface area contributed by atoms with Crippen LogP contribution in [0.1, 0.15) is 54.2 Å². The van der Waals surface area contributed by atoms with E-state index in [-0.39, 0.29) is 11.8 Å². The molecule has 3 heterocycles. The van der Waals surface area contributed by atoms with Crippen LogP contribution in [0.3, 0.4) is 0 Å². The number of amides is 2. The first kappa shape index (κ1) is 26.6. The predicted octanol–water partition coefficient (Wildman–Crippen LogP) is 4.48. The summed E-state index contributed by atoms with van der Waals surface area (Å²) in [5, 5.41) is 13.6. The number of rotatable bonds is 7. The van der Waals surface area contributed by atoms with Crippen LogP contribution in [0, 0.1) is 0 Å². The van der Waals surface area contributed by atoms with Gasteiger partial charge in [0.2, 0.25) is 0 Å². The lowest BCUT2D eigenvalue weighted by atomic mass is 10.0. The molecule has 2 amide bonds. The molecule has 4 aliphatic rings. The van der Waals surface area contributed by atoms with Gasteiger partial charge in [0.25, 0.3) is 0 Å². The number of hydrogen-bond donors (Lipinski definition) is 2. The van der Waals surface area contributed by atoms with Gasteiger partial charge in [-0.15, -0.1) is 0 Å². The lowest BCUT2D eigenvalue weighted by Gasteiger charge is -2.38. The topological polar surface area (TPSA) is 102 Å². The molecule has 1 unspecified atom stereocenters. The Hall–Kier alpha value is -3.60. The minimum Gasteiger partial charge on any atom is -0.379 e. The monoisotopic (exact) mass is 543 g/mol. The predicted molar refractivity (Wildman–Crippen MR) is 154 cm³/mol. The van der Waals surface area contributed by atoms with Crippen molar-refractivity contribution in [1.82, 2.24) is 15.3 Å². The first-order valence-electron chi connectivity index (χ1n) is 14.4. The van der Waals surface area contributed by atoms with Crippen LogP contribution >= 0.6 is 0 Å². The number of nitrogens with one attached hydrogen (secondary N) is 2. The summed E-state index contributed by atoms with van der Waals surface area (Å²) in [6.07, 6.45) is 2.34. The Kier molecular flexibility index (Phi) is 7.64. The van der Waals surface area contributed by atoms with Crippen molar-refractivity contribution in [2.45, 2.75) is 38.8 Å². The summed E-state index contributed by atoms with van der Waals surface area (Å²) in [4.78, 5) is 31.4. The zero-order valence-corrected chi connectivity index (χ0v) is 23.2. The lowest BCUT2D eigenvalue weighted by molar-refractivity contribution is 0.0207. The molecule has 0 spiro atoms. The average Bonchev–Trinajstić information content (AvgIpc) is 3.55. The summed E-state index contributed by atoms with van der Waals surface area (Å²) in [5.74, 6) is -0.134. The highest BCUT2D eigenvalue weighted by Crippen LogP contribution is 2.49. The van der Waals surface area contributed by atoms with Crippen molar-refractivity contribution in [2.24, 2.45) is 10.2 Å². The fourth-order valence-electron chi connectivity index (χ4n) is 6.34. The van der Waals surface area contributed by atoms with Crippen LogP contribution in [0.15, 0.2) is 58.3 Å². The number of hydrazine groups is 1. The van der Waals surface area contributed by atoms with Crippen LogP contribution in [-0.2, 0) is 4.74 Å². The van der Waals surface area contributed by atoms with Crippen LogP contribution in [0.2, 0.25) is 0 Å². The Balaban J connectivity index is 1.17. The second kappa shape index (κ2) is 11.5. The van der Waals surface area contributed by atoms with E-state index in [9.17, 15) is 9.59 Å². The smallest absolute Gasteiger partial charge is 0.333 e. The second-order valence-electron chi connectivity index (χ2n) is 10.6. The minimum atomic E-state index is -0.444. The number of ketones is 1. The van der Waals surface area contributed by atoms with E-state index >= 15 is 0 Å². The highest BCUT2D eigenvalue weighted by atomic mass is 16.5. The molecule has 0 aromatic heterocycles. The molecule has 40 heavy (non-hydrogen) atoms. The quantitative estimate of drug-likeness (QED) is 0.534. The van der Waals surface area contributed by atoms with Gasteiger partial charge in [-0.3, -0.25) is 10.2 Å². The second-order valence-corrected chi connectivity index (χ2v) is 10.6. The van der Waals surface area contributed by atoms with Crippen molar-refractivity contribution >= 4 is 28.9 Å². The number of carbonyl (C=O) groups excluding carboxylic acids is 2. The van der Waals surface area contributed by atoms with Gasteiger partial charge in [-0.1, -0.05) is 38.1 Å². The van der Waals surface area contributed by atoms with Gasteiger partial charge in [0, 0.05) is 43.5 Å². The number of hydrogen-bond acceptors (Lipinski definition) is 8. The highest BCUT2D eigenvalue weighted by Gasteiger charge is 2.42. The van der Waals surface area contributed by atoms with E-state index in [4.69, 9.17) is 4.74 Å². The molecular formula is C30H37N7O3. The van der Waals surface area contributed by atoms with Crippen molar-refractivity contribution in [3.63, 3.8) is 0 Å². The molecule has 2 aromatic rings. The average molecular weight is 544 g/mol. The normalized spacial score (nSPS) is 21.2. The summed E-state index contributed by atoms with van der Waals surface area (Å²) in [6, 6.07) is 13.7. The number of piperidine rings is 1. The number of anilines is 2. The minimum absolute atomic E-state index is 0.134. The molecular weight excluding hydrogens is 506 g/mol. The van der Waals surface area contributed by atoms with Crippen molar-refractivity contribution in [3.05, 3.63) is 64.7 Å². The molecule has 6 rings (SSSR count). The van der Waals surface area contributed by atoms with Crippen LogP contribution < -0.4 is 15.6 Å². The van der Waals surface area contributed by atoms with Gasteiger partial charge in [0.1, 0.15) is 11.7 Å². The Morgan fingerprint density at radius 2 is 1.75 bits per heavy atom. The summed E-state index contributed by atoms with van der Waals surface area (Å²) >= 11 is 0. The third kappa shape index (κ3) is 5.02. The number of ether oxygens (including phenoxy) is 1. The first-order valence-corrected chi connectivity index (χ1v) is 14.4. The molecule has 0 saturated carbocycles. The van der Waals surface area contributed by atoms with Gasteiger partial charge < -0.3 is 19.9 Å². The maximum atomic E-state index is 13.7. The van der Waals surface area contributed by atoms with Crippen LogP contribution in [0.25, 0.3) is 5.70 Å². The fraction of sp³-hybridized carbons (Fsp3) is 0.467. The summed E-state index contributed by atoms with van der Waals surface area (Å²) in [7, 11) is 0. The molecule has 0 radical (unpaired) electrons. The van der Waals surface area contributed by atoms with Gasteiger partial charge >= 0.3 is 6.03 Å². The van der Waals surface area contributed by atoms with Crippen LogP contribution in [-0.4, -0.2) is 80.2 Å². The van der Waals surface area contributed by atoms with E-state index < -0.39 is 6.04 Å². The van der Waals surface area contributed by atoms with Crippen molar-refractivity contribution in [2.75, 3.05) is 62.7 Å². The Morgan fingerprint density at radius 3 is 2.45 bits per heavy atom. The number of fused-ring (bicyclic) bond motifs is 3. The third-order valence-electron chi connectivity index (χ3n) is 8.48. The highest BCUT2D eigenvalue weighted by molar-refractivity contribution is 6.22. The molecule has 1 aliphatic carbocycles. The number of benzene rings is 2. The van der Waals surface area contributed by atoms with Crippen LogP contribution in [0.5, 0.6) is 0 Å². The maximum absolute atomic E-state index is 13.7. The van der Waals surface area contributed by atoms with Gasteiger partial charge in [-0.25, -0.2) is 9.80 Å². The first-order chi connectivity index (χ1) is 19.6. The maximum Gasteiger partial charge on any atom is 0.333 e. The molecule has 2 saturated heterocycles. The number of morpholine rings is 1. The third-order valence-corrected chi connectivity index (χ3v) is 8.48. The fourth-order valence-corrected chi connectivity index (χ4v) is 6.34. The molecule has 2 fully saturated rings. The number of carbonyl (C=O) groups is 2. The zero-order valence-electron chi connectivity index (χ0n) is 23.2. The summed E-state index contributed by atoms with van der Waals surface area (Å²) < 4.78 is 5.33. The summed E-state index contributed by atoms with van der Waals surface area (Å²) in [5.41, 5.74) is 7.84. The van der Waals surface area contributed by atoms with Gasteiger partial charge in [-0.05, 0) is 49.7 Å².